The van der Waals surface area contributed by atoms with Gasteiger partial charge in [-0.15, -0.1) is 0 Å². The molecule has 8 heteroatoms. The third kappa shape index (κ3) is 3.48. The molecular weight excluding hydrogens is 317 g/mol. The van der Waals surface area contributed by atoms with Gasteiger partial charge in [-0.05, 0) is 25.1 Å². The number of halogens is 2. The number of nitro benzene ring substituents is 1. The van der Waals surface area contributed by atoms with E-state index in [1.165, 1.54) is 6.07 Å². The van der Waals surface area contributed by atoms with E-state index in [0.717, 1.165) is 11.8 Å². The molecule has 1 aromatic carbocycles. The minimum absolute atomic E-state index is 0.0468. The van der Waals surface area contributed by atoms with Gasteiger partial charge in [0.1, 0.15) is 5.02 Å². The fraction of sp³-hybridized carbons (Fsp3) is 0.0769. The van der Waals surface area contributed by atoms with Crippen molar-refractivity contribution in [3.05, 3.63) is 61.9 Å². The Balaban J connectivity index is 2.33. The van der Waals surface area contributed by atoms with E-state index >= 15 is 0 Å². The number of rotatable bonds is 3. The van der Waals surface area contributed by atoms with Gasteiger partial charge in [0, 0.05) is 29.2 Å². The molecule has 0 saturated heterocycles. The molecule has 2 aromatic rings. The zero-order valence-corrected chi connectivity index (χ0v) is 12.3. The number of amides is 1. The lowest BCUT2D eigenvalue weighted by Gasteiger charge is -2.07. The molecule has 6 nitrogen and oxygen atoms in total. The molecule has 0 radical (unpaired) electrons. The van der Waals surface area contributed by atoms with Crippen molar-refractivity contribution >= 4 is 40.5 Å². The molecule has 0 atom stereocenters. The summed E-state index contributed by atoms with van der Waals surface area (Å²) in [7, 11) is 0. The average Bonchev–Trinajstić information content (AvgIpc) is 2.41. The predicted molar refractivity (Wildman–Crippen MR) is 80.0 cm³/mol. The van der Waals surface area contributed by atoms with Crippen molar-refractivity contribution < 1.29 is 9.72 Å². The number of nitro groups is 1. The standard InChI is InChI=1S/C13H9Cl2N3O3/c1-7-4-9(2-3-16-7)17-13(19)8-5-10(14)12(15)11(6-8)18(20)21/h2-6H,1H3,(H,16,17,19). The van der Waals surface area contributed by atoms with Crippen molar-refractivity contribution in [2.24, 2.45) is 0 Å². The summed E-state index contributed by atoms with van der Waals surface area (Å²) < 4.78 is 0. The maximum atomic E-state index is 12.1. The Morgan fingerprint density at radius 2 is 2.05 bits per heavy atom. The van der Waals surface area contributed by atoms with Crippen LogP contribution in [0.4, 0.5) is 11.4 Å². The quantitative estimate of drug-likeness (QED) is 0.685. The minimum atomic E-state index is -0.693. The van der Waals surface area contributed by atoms with Crippen LogP contribution in [0.3, 0.4) is 0 Å². The molecule has 0 aliphatic rings. The Hall–Kier alpha value is -2.18. The van der Waals surface area contributed by atoms with E-state index in [1.54, 1.807) is 25.3 Å². The van der Waals surface area contributed by atoms with Gasteiger partial charge in [0.15, 0.2) is 0 Å². The number of aryl methyl sites for hydroxylation is 1. The molecule has 0 spiro atoms. The lowest BCUT2D eigenvalue weighted by atomic mass is 10.2. The number of nitrogens with one attached hydrogen (secondary N) is 1. The fourth-order valence-corrected chi connectivity index (χ4v) is 2.06. The van der Waals surface area contributed by atoms with Crippen LogP contribution in [-0.4, -0.2) is 15.8 Å². The number of aromatic nitrogens is 1. The Kier molecular flexibility index (Phi) is 4.40. The zero-order valence-electron chi connectivity index (χ0n) is 10.8. The van der Waals surface area contributed by atoms with Crippen LogP contribution < -0.4 is 5.32 Å². The Bertz CT molecular complexity index is 735. The number of carbonyl (C=O) groups excluding carboxylic acids is 1. The van der Waals surface area contributed by atoms with E-state index in [4.69, 9.17) is 23.2 Å². The van der Waals surface area contributed by atoms with Crippen LogP contribution >= 0.6 is 23.2 Å². The van der Waals surface area contributed by atoms with Gasteiger partial charge < -0.3 is 5.32 Å². The second-order valence-corrected chi connectivity index (χ2v) is 4.97. The molecule has 21 heavy (non-hydrogen) atoms. The van der Waals surface area contributed by atoms with Crippen LogP contribution in [0, 0.1) is 17.0 Å². The van der Waals surface area contributed by atoms with E-state index in [9.17, 15) is 14.9 Å². The van der Waals surface area contributed by atoms with Crippen LogP contribution in [0.25, 0.3) is 0 Å². The number of anilines is 1. The first kappa shape index (κ1) is 15.2. The summed E-state index contributed by atoms with van der Waals surface area (Å²) in [5.41, 5.74) is 0.889. The van der Waals surface area contributed by atoms with E-state index in [-0.39, 0.29) is 15.6 Å². The molecule has 2 rings (SSSR count). The highest BCUT2D eigenvalue weighted by molar-refractivity contribution is 6.43. The summed E-state index contributed by atoms with van der Waals surface area (Å²) in [4.78, 5) is 26.3. The first-order valence-electron chi connectivity index (χ1n) is 5.76. The van der Waals surface area contributed by atoms with Crippen molar-refractivity contribution in [2.45, 2.75) is 6.92 Å². The third-order valence-electron chi connectivity index (χ3n) is 2.62. The maximum Gasteiger partial charge on any atom is 0.290 e. The molecule has 108 valence electrons. The van der Waals surface area contributed by atoms with Gasteiger partial charge >= 0.3 is 0 Å². The Labute approximate surface area is 129 Å². The van der Waals surface area contributed by atoms with Crippen molar-refractivity contribution in [3.63, 3.8) is 0 Å². The smallest absolute Gasteiger partial charge is 0.290 e. The largest absolute Gasteiger partial charge is 0.322 e. The number of benzene rings is 1. The molecule has 1 N–H and O–H groups in total. The second-order valence-electron chi connectivity index (χ2n) is 4.19. The summed E-state index contributed by atoms with van der Waals surface area (Å²) in [5.74, 6) is -0.526. The van der Waals surface area contributed by atoms with Crippen LogP contribution in [0.5, 0.6) is 0 Å². The number of hydrogen-bond donors (Lipinski definition) is 1. The van der Waals surface area contributed by atoms with Gasteiger partial charge in [0.25, 0.3) is 11.6 Å². The summed E-state index contributed by atoms with van der Waals surface area (Å²) >= 11 is 11.5. The van der Waals surface area contributed by atoms with Gasteiger partial charge in [-0.1, -0.05) is 23.2 Å². The molecule has 0 fully saturated rings. The number of pyridine rings is 1. The van der Waals surface area contributed by atoms with Gasteiger partial charge in [0.2, 0.25) is 0 Å². The molecule has 1 amide bonds. The fourth-order valence-electron chi connectivity index (χ4n) is 1.67. The van der Waals surface area contributed by atoms with Gasteiger partial charge in [0.05, 0.1) is 9.95 Å². The maximum absolute atomic E-state index is 12.1. The van der Waals surface area contributed by atoms with Crippen molar-refractivity contribution in [2.75, 3.05) is 5.32 Å². The Morgan fingerprint density at radius 1 is 1.33 bits per heavy atom. The van der Waals surface area contributed by atoms with Crippen LogP contribution in [0.15, 0.2) is 30.5 Å². The van der Waals surface area contributed by atoms with Gasteiger partial charge in [-0.2, -0.15) is 0 Å². The third-order valence-corrected chi connectivity index (χ3v) is 3.41. The molecule has 1 aromatic heterocycles. The summed E-state index contributed by atoms with van der Waals surface area (Å²) in [6.07, 6.45) is 1.54. The number of carbonyl (C=O) groups is 1. The summed E-state index contributed by atoms with van der Waals surface area (Å²) in [5, 5.41) is 13.2. The summed E-state index contributed by atoms with van der Waals surface area (Å²) in [6.45, 7) is 1.78. The highest BCUT2D eigenvalue weighted by atomic mass is 35.5. The predicted octanol–water partition coefficient (Wildman–Crippen LogP) is 3.86. The minimum Gasteiger partial charge on any atom is -0.322 e. The first-order chi connectivity index (χ1) is 9.88. The normalized spacial score (nSPS) is 10.2. The number of nitrogens with zero attached hydrogens (tertiary/aromatic N) is 2. The molecule has 0 aliphatic heterocycles. The van der Waals surface area contributed by atoms with E-state index < -0.39 is 16.5 Å². The molecule has 0 aliphatic carbocycles. The van der Waals surface area contributed by atoms with Crippen molar-refractivity contribution in [1.29, 1.82) is 0 Å². The molecule has 0 unspecified atom stereocenters. The monoisotopic (exact) mass is 325 g/mol. The van der Waals surface area contributed by atoms with Crippen LogP contribution in [0.2, 0.25) is 10.0 Å². The van der Waals surface area contributed by atoms with Gasteiger partial charge in [-0.3, -0.25) is 19.9 Å². The number of hydrogen-bond acceptors (Lipinski definition) is 4. The van der Waals surface area contributed by atoms with E-state index in [1.807, 2.05) is 0 Å². The SMILES string of the molecule is Cc1cc(NC(=O)c2cc(Cl)c(Cl)c([N+](=O)[O-])c2)ccn1. The highest BCUT2D eigenvalue weighted by Crippen LogP contribution is 2.33. The average molecular weight is 326 g/mol. The summed E-state index contributed by atoms with van der Waals surface area (Å²) in [6, 6.07) is 5.64. The van der Waals surface area contributed by atoms with Crippen LogP contribution in [-0.2, 0) is 0 Å². The highest BCUT2D eigenvalue weighted by Gasteiger charge is 2.20. The zero-order chi connectivity index (χ0) is 15.6. The topological polar surface area (TPSA) is 85.1 Å². The van der Waals surface area contributed by atoms with E-state index in [0.29, 0.717) is 5.69 Å². The molecular formula is C13H9Cl2N3O3. The van der Waals surface area contributed by atoms with Crippen LogP contribution in [0.1, 0.15) is 16.1 Å². The molecule has 0 saturated carbocycles. The van der Waals surface area contributed by atoms with Crippen molar-refractivity contribution in [3.8, 4) is 0 Å². The first-order valence-corrected chi connectivity index (χ1v) is 6.51. The lowest BCUT2D eigenvalue weighted by Crippen LogP contribution is -2.12. The lowest BCUT2D eigenvalue weighted by molar-refractivity contribution is -0.384. The van der Waals surface area contributed by atoms with Crippen molar-refractivity contribution in [1.82, 2.24) is 4.98 Å². The molecule has 0 bridgehead atoms. The van der Waals surface area contributed by atoms with E-state index in [2.05, 4.69) is 10.3 Å². The molecule has 1 heterocycles. The van der Waals surface area contributed by atoms with Gasteiger partial charge in [-0.25, -0.2) is 0 Å². The Morgan fingerprint density at radius 3 is 2.67 bits per heavy atom. The second kappa shape index (κ2) is 6.07.